The van der Waals surface area contributed by atoms with Gasteiger partial charge in [0, 0.05) is 0 Å². The van der Waals surface area contributed by atoms with E-state index in [2.05, 4.69) is 41.5 Å². The van der Waals surface area contributed by atoms with Crippen LogP contribution in [-0.2, 0) is 9.53 Å². The van der Waals surface area contributed by atoms with Crippen LogP contribution in [-0.4, -0.2) is 23.3 Å². The first-order valence-electron chi connectivity index (χ1n) is 9.90. The molecule has 4 nitrogen and oxygen atoms in total. The summed E-state index contributed by atoms with van der Waals surface area (Å²) in [6, 6.07) is 1.82. The molecule has 25 heavy (non-hydrogen) atoms. The van der Waals surface area contributed by atoms with E-state index in [4.69, 9.17) is 10.00 Å². The molecule has 2 aliphatic rings. The molecule has 0 aromatic heterocycles. The monoisotopic (exact) mass is 351 g/mol. The zero-order chi connectivity index (χ0) is 19.1. The van der Waals surface area contributed by atoms with Crippen molar-refractivity contribution < 1.29 is 14.6 Å². The van der Waals surface area contributed by atoms with Crippen molar-refractivity contribution in [2.75, 3.05) is 0 Å². The zero-order valence-electron chi connectivity index (χ0n) is 16.9. The van der Waals surface area contributed by atoms with Crippen LogP contribution in [0.1, 0.15) is 73.6 Å². The predicted molar refractivity (Wildman–Crippen MR) is 99.6 cm³/mol. The van der Waals surface area contributed by atoms with Crippen LogP contribution in [0.3, 0.4) is 0 Å². The molecule has 2 rings (SSSR count). The summed E-state index contributed by atoms with van der Waals surface area (Å²) < 4.78 is 5.34. The van der Waals surface area contributed by atoms with Gasteiger partial charge in [0.15, 0.2) is 0 Å². The lowest BCUT2D eigenvalue weighted by Gasteiger charge is -2.37. The third-order valence-electron chi connectivity index (χ3n) is 5.88. The van der Waals surface area contributed by atoms with Crippen molar-refractivity contribution in [3.8, 4) is 6.07 Å². The highest BCUT2D eigenvalue weighted by atomic mass is 16.5. The van der Waals surface area contributed by atoms with Gasteiger partial charge in [0.1, 0.15) is 12.5 Å². The van der Waals surface area contributed by atoms with Gasteiger partial charge in [0.2, 0.25) is 0 Å². The Hall–Kier alpha value is -1.08. The van der Waals surface area contributed by atoms with Crippen LogP contribution in [0, 0.1) is 46.8 Å². The van der Waals surface area contributed by atoms with E-state index in [1.807, 2.05) is 6.07 Å². The maximum atomic E-state index is 11.2. The predicted octanol–water partition coefficient (Wildman–Crippen LogP) is 4.56. The summed E-state index contributed by atoms with van der Waals surface area (Å²) in [5.41, 5.74) is 0. The third-order valence-corrected chi connectivity index (χ3v) is 5.88. The number of nitrogens with zero attached hydrogens (tertiary/aromatic N) is 1. The molecule has 0 amide bonds. The second kappa shape index (κ2) is 10.2. The van der Waals surface area contributed by atoms with Gasteiger partial charge >= 0.3 is 5.97 Å². The lowest BCUT2D eigenvalue weighted by atomic mass is 9.75. The van der Waals surface area contributed by atoms with E-state index in [1.54, 1.807) is 0 Å². The van der Waals surface area contributed by atoms with Crippen LogP contribution < -0.4 is 0 Å². The first-order chi connectivity index (χ1) is 11.6. The molecular formula is C21H37NO3. The molecule has 0 aromatic rings. The Morgan fingerprint density at radius 2 is 1.32 bits per heavy atom. The van der Waals surface area contributed by atoms with Crippen LogP contribution >= 0.6 is 0 Å². The number of carbonyl (C=O) groups is 1. The van der Waals surface area contributed by atoms with Crippen LogP contribution in [0.25, 0.3) is 0 Å². The summed E-state index contributed by atoms with van der Waals surface area (Å²) in [7, 11) is 0. The van der Waals surface area contributed by atoms with Crippen molar-refractivity contribution in [1.82, 2.24) is 0 Å². The first kappa shape index (κ1) is 22.0. The van der Waals surface area contributed by atoms with Crippen molar-refractivity contribution in [2.24, 2.45) is 35.5 Å². The van der Waals surface area contributed by atoms with Crippen molar-refractivity contribution in [3.05, 3.63) is 0 Å². The number of hydrogen-bond acceptors (Lipinski definition) is 4. The Kier molecular flexibility index (Phi) is 8.93. The molecule has 144 valence electrons. The van der Waals surface area contributed by atoms with E-state index < -0.39 is 0 Å². The Labute approximate surface area is 153 Å². The normalized spacial score (nSPS) is 41.0. The van der Waals surface area contributed by atoms with Gasteiger partial charge < -0.3 is 9.84 Å². The summed E-state index contributed by atoms with van der Waals surface area (Å²) in [4.78, 5) is 11.2. The molecule has 0 radical (unpaired) electrons. The highest BCUT2D eigenvalue weighted by molar-refractivity contribution is 5.72. The van der Waals surface area contributed by atoms with E-state index in [0.29, 0.717) is 29.6 Å². The van der Waals surface area contributed by atoms with E-state index in [0.717, 1.165) is 18.8 Å². The minimum absolute atomic E-state index is 0.00190. The fourth-order valence-corrected chi connectivity index (χ4v) is 4.89. The molecule has 2 fully saturated rings. The fraction of sp³-hybridized carbons (Fsp3) is 0.905. The summed E-state index contributed by atoms with van der Waals surface area (Å²) >= 11 is 0. The average molecular weight is 352 g/mol. The van der Waals surface area contributed by atoms with Crippen LogP contribution in [0.4, 0.5) is 0 Å². The van der Waals surface area contributed by atoms with E-state index in [-0.39, 0.29) is 24.6 Å². The van der Waals surface area contributed by atoms with E-state index >= 15 is 0 Å². The number of ether oxygens (including phenoxy) is 1. The van der Waals surface area contributed by atoms with Gasteiger partial charge in [-0.25, -0.2) is 0 Å². The maximum Gasteiger partial charge on any atom is 0.320 e. The minimum atomic E-state index is -0.379. The van der Waals surface area contributed by atoms with Crippen LogP contribution in [0.2, 0.25) is 0 Å². The summed E-state index contributed by atoms with van der Waals surface area (Å²) in [5, 5.41) is 18.0. The Balaban J connectivity index is 0.000000271. The van der Waals surface area contributed by atoms with Crippen LogP contribution in [0.5, 0.6) is 0 Å². The fourth-order valence-electron chi connectivity index (χ4n) is 4.89. The molecule has 4 atom stereocenters. The molecule has 1 N–H and O–H groups in total. The number of esters is 1. The molecular weight excluding hydrogens is 314 g/mol. The number of hydrogen-bond donors (Lipinski definition) is 1. The molecule has 0 aromatic carbocycles. The second-order valence-electron chi connectivity index (χ2n) is 8.84. The number of aliphatic hydroxyl groups excluding tert-OH is 1. The SMILES string of the molecule is CC1CC(C)C(O)C(C)C1.CC1CC(C)C(OC(=O)CC#N)C(C)C1. The lowest BCUT2D eigenvalue weighted by Crippen LogP contribution is -2.37. The second-order valence-corrected chi connectivity index (χ2v) is 8.84. The zero-order valence-corrected chi connectivity index (χ0v) is 16.9. The highest BCUT2D eigenvalue weighted by Crippen LogP contribution is 2.35. The molecule has 0 bridgehead atoms. The van der Waals surface area contributed by atoms with Gasteiger partial charge in [-0.3, -0.25) is 4.79 Å². The standard InChI is InChI=1S/C12H19NO2.C9H18O/c1-8-6-9(2)12(10(3)7-8)15-11(14)4-5-13;1-6-4-7(2)9(10)8(3)5-6/h8-10,12H,4,6-7H2,1-3H3;6-10H,4-5H2,1-3H3. The largest absolute Gasteiger partial charge is 0.461 e. The van der Waals surface area contributed by atoms with Crippen molar-refractivity contribution in [2.45, 2.75) is 85.9 Å². The quantitative estimate of drug-likeness (QED) is 0.740. The van der Waals surface area contributed by atoms with Crippen LogP contribution in [0.15, 0.2) is 0 Å². The number of aliphatic hydroxyl groups is 1. The van der Waals surface area contributed by atoms with Gasteiger partial charge in [-0.2, -0.15) is 5.26 Å². The maximum absolute atomic E-state index is 11.2. The minimum Gasteiger partial charge on any atom is -0.461 e. The highest BCUT2D eigenvalue weighted by Gasteiger charge is 2.33. The van der Waals surface area contributed by atoms with Crippen molar-refractivity contribution >= 4 is 5.97 Å². The van der Waals surface area contributed by atoms with Gasteiger partial charge in [0.25, 0.3) is 0 Å². The Bertz CT molecular complexity index is 435. The topological polar surface area (TPSA) is 70.3 Å². The third kappa shape index (κ3) is 6.98. The van der Waals surface area contributed by atoms with E-state index in [1.165, 1.54) is 12.8 Å². The first-order valence-corrected chi connectivity index (χ1v) is 9.90. The number of nitriles is 1. The Morgan fingerprint density at radius 1 is 0.920 bits per heavy atom. The van der Waals surface area contributed by atoms with E-state index in [9.17, 15) is 9.90 Å². The van der Waals surface area contributed by atoms with Gasteiger partial charge in [-0.1, -0.05) is 41.5 Å². The number of carbonyl (C=O) groups excluding carboxylic acids is 1. The molecule has 0 spiro atoms. The number of rotatable bonds is 2. The average Bonchev–Trinajstić information content (AvgIpc) is 2.49. The molecule has 4 heteroatoms. The molecule has 2 saturated carbocycles. The summed E-state index contributed by atoms with van der Waals surface area (Å²) in [6.45, 7) is 13.1. The molecule has 4 unspecified atom stereocenters. The molecule has 0 heterocycles. The molecule has 0 saturated heterocycles. The van der Waals surface area contributed by atoms with Crippen molar-refractivity contribution in [3.63, 3.8) is 0 Å². The molecule has 0 aliphatic heterocycles. The van der Waals surface area contributed by atoms with Gasteiger partial charge in [-0.15, -0.1) is 0 Å². The molecule has 2 aliphatic carbocycles. The smallest absolute Gasteiger partial charge is 0.320 e. The van der Waals surface area contributed by atoms with Gasteiger partial charge in [-0.05, 0) is 61.2 Å². The Morgan fingerprint density at radius 3 is 1.72 bits per heavy atom. The summed E-state index contributed by atoms with van der Waals surface area (Å²) in [5.74, 6) is 2.99. The summed E-state index contributed by atoms with van der Waals surface area (Å²) in [6.07, 6.45) is 4.44. The lowest BCUT2D eigenvalue weighted by molar-refractivity contribution is -0.156. The van der Waals surface area contributed by atoms with Gasteiger partial charge in [0.05, 0.1) is 12.2 Å². The van der Waals surface area contributed by atoms with Crippen molar-refractivity contribution in [1.29, 1.82) is 5.26 Å².